The molecule has 0 aliphatic heterocycles. The number of hydrogen-bond donors (Lipinski definition) is 4. The van der Waals surface area contributed by atoms with Crippen molar-refractivity contribution >= 4 is 64.4 Å². The first-order chi connectivity index (χ1) is 20.3. The van der Waals surface area contributed by atoms with Crippen LogP contribution >= 0.6 is 23.2 Å². The number of nitrogens with one attached hydrogen (secondary N) is 4. The molecule has 4 N–H and O–H groups in total. The Kier molecular flexibility index (Phi) is 10.3. The third-order valence-electron chi connectivity index (χ3n) is 5.41. The molecule has 3 aromatic carbocycles. The number of furan rings is 1. The van der Waals surface area contributed by atoms with E-state index in [2.05, 4.69) is 26.5 Å². The van der Waals surface area contributed by atoms with Gasteiger partial charge in [-0.2, -0.15) is 5.10 Å². The van der Waals surface area contributed by atoms with E-state index in [9.17, 15) is 19.2 Å². The minimum absolute atomic E-state index is 0.0910. The largest absolute Gasteiger partial charge is 0.489 e. The molecule has 0 bridgehead atoms. The molecule has 0 radical (unpaired) electrons. The first-order valence-corrected chi connectivity index (χ1v) is 13.1. The molecule has 0 saturated heterocycles. The molecule has 0 unspecified atom stereocenters. The van der Waals surface area contributed by atoms with E-state index in [0.29, 0.717) is 34.5 Å². The molecule has 1 aromatic heterocycles. The Morgan fingerprint density at radius 2 is 1.45 bits per heavy atom. The van der Waals surface area contributed by atoms with Crippen molar-refractivity contribution in [3.8, 4) is 5.75 Å². The molecule has 4 rings (SSSR count). The number of nitrogens with zero attached hydrogens (tertiary/aromatic N) is 1. The van der Waals surface area contributed by atoms with Crippen LogP contribution in [-0.4, -0.2) is 29.8 Å². The number of benzene rings is 3. The Labute approximate surface area is 249 Å². The number of ether oxygens (including phenoxy) is 1. The first kappa shape index (κ1) is 29.8. The number of rotatable bonds is 9. The van der Waals surface area contributed by atoms with Crippen LogP contribution in [0.1, 0.15) is 17.1 Å². The van der Waals surface area contributed by atoms with Gasteiger partial charge in [0.05, 0.1) is 22.8 Å². The van der Waals surface area contributed by atoms with E-state index >= 15 is 0 Å². The lowest BCUT2D eigenvalue weighted by Gasteiger charge is -2.08. The summed E-state index contributed by atoms with van der Waals surface area (Å²) in [6.07, 6.45) is 1.17. The molecule has 0 fully saturated rings. The summed E-state index contributed by atoms with van der Waals surface area (Å²) in [4.78, 5) is 48.4. The summed E-state index contributed by atoms with van der Waals surface area (Å²) in [7, 11) is 0. The van der Waals surface area contributed by atoms with E-state index in [1.54, 1.807) is 30.3 Å². The van der Waals surface area contributed by atoms with Crippen molar-refractivity contribution in [3.05, 3.63) is 112 Å². The third kappa shape index (κ3) is 8.95. The zero-order valence-electron chi connectivity index (χ0n) is 21.7. The van der Waals surface area contributed by atoms with Crippen LogP contribution in [0.2, 0.25) is 10.0 Å². The van der Waals surface area contributed by atoms with Crippen LogP contribution < -0.4 is 26.1 Å². The number of halogens is 2. The van der Waals surface area contributed by atoms with Gasteiger partial charge in [-0.1, -0.05) is 53.5 Å². The second-order valence-electron chi connectivity index (χ2n) is 8.52. The Balaban J connectivity index is 1.17. The summed E-state index contributed by atoms with van der Waals surface area (Å²) >= 11 is 11.7. The highest BCUT2D eigenvalue weighted by Gasteiger charge is 2.15. The van der Waals surface area contributed by atoms with Crippen molar-refractivity contribution in [2.24, 2.45) is 5.10 Å². The van der Waals surface area contributed by atoms with Gasteiger partial charge in [-0.05, 0) is 60.2 Å². The molecular weight excluding hydrogens is 585 g/mol. The van der Waals surface area contributed by atoms with Crippen LogP contribution in [0.25, 0.3) is 0 Å². The van der Waals surface area contributed by atoms with E-state index < -0.39 is 23.6 Å². The minimum atomic E-state index is -0.998. The number of amides is 4. The maximum atomic E-state index is 12.2. The van der Waals surface area contributed by atoms with Crippen molar-refractivity contribution in [2.75, 3.05) is 10.6 Å². The molecule has 0 saturated carbocycles. The smallest absolute Gasteiger partial charge is 0.329 e. The molecule has 0 aliphatic rings. The highest BCUT2D eigenvalue weighted by atomic mass is 35.5. The average molecular weight is 608 g/mol. The van der Waals surface area contributed by atoms with Crippen LogP contribution in [0.4, 0.5) is 11.4 Å². The van der Waals surface area contributed by atoms with Crippen molar-refractivity contribution < 1.29 is 28.3 Å². The van der Waals surface area contributed by atoms with Crippen molar-refractivity contribution in [2.45, 2.75) is 13.2 Å². The van der Waals surface area contributed by atoms with E-state index in [1.165, 1.54) is 30.5 Å². The van der Waals surface area contributed by atoms with Gasteiger partial charge in [-0.25, -0.2) is 5.43 Å². The van der Waals surface area contributed by atoms with Gasteiger partial charge in [0.1, 0.15) is 23.9 Å². The molecule has 4 amide bonds. The lowest BCUT2D eigenvalue weighted by molar-refractivity contribution is -0.136. The molecule has 1 heterocycles. The highest BCUT2D eigenvalue weighted by Crippen LogP contribution is 2.25. The van der Waals surface area contributed by atoms with Gasteiger partial charge in [0.15, 0.2) is 0 Å². The molecule has 4 aromatic rings. The summed E-state index contributed by atoms with van der Waals surface area (Å²) < 4.78 is 11.2. The Hall–Kier alpha value is -5.13. The lowest BCUT2D eigenvalue weighted by atomic mass is 10.2. The van der Waals surface area contributed by atoms with E-state index in [-0.39, 0.29) is 17.3 Å². The predicted molar refractivity (Wildman–Crippen MR) is 157 cm³/mol. The molecule has 0 aliphatic carbocycles. The Morgan fingerprint density at radius 1 is 0.762 bits per heavy atom. The molecule has 0 spiro atoms. The number of carbonyl (C=O) groups excluding carboxylic acids is 4. The van der Waals surface area contributed by atoms with Gasteiger partial charge in [-0.3, -0.25) is 19.2 Å². The fourth-order valence-electron chi connectivity index (χ4n) is 3.34. The Morgan fingerprint density at radius 3 is 2.19 bits per heavy atom. The minimum Gasteiger partial charge on any atom is -0.489 e. The molecular formula is C29H23Cl2N5O6. The first-order valence-electron chi connectivity index (χ1n) is 12.3. The average Bonchev–Trinajstić information content (AvgIpc) is 3.45. The van der Waals surface area contributed by atoms with E-state index in [4.69, 9.17) is 32.4 Å². The molecule has 214 valence electrons. The quantitative estimate of drug-likeness (QED) is 0.125. The van der Waals surface area contributed by atoms with E-state index in [1.807, 2.05) is 30.3 Å². The van der Waals surface area contributed by atoms with Crippen molar-refractivity contribution in [1.82, 2.24) is 10.7 Å². The molecule has 0 atom stereocenters. The molecule has 42 heavy (non-hydrogen) atoms. The number of hydrazone groups is 1. The summed E-state index contributed by atoms with van der Waals surface area (Å²) in [5, 5.41) is 11.5. The summed E-state index contributed by atoms with van der Waals surface area (Å²) in [6.45, 7) is 0.309. The summed E-state index contributed by atoms with van der Waals surface area (Å²) in [6, 6.07) is 23.7. The number of carbonyl (C=O) groups is 4. The number of anilines is 2. The lowest BCUT2D eigenvalue weighted by Crippen LogP contribution is -2.34. The zero-order chi connectivity index (χ0) is 29.9. The summed E-state index contributed by atoms with van der Waals surface area (Å²) in [5.74, 6) is -2.58. The molecule has 13 heteroatoms. The van der Waals surface area contributed by atoms with Crippen LogP contribution in [0.15, 0.2) is 94.4 Å². The number of hydrogen-bond acceptors (Lipinski definition) is 7. The fourth-order valence-corrected chi connectivity index (χ4v) is 3.63. The van der Waals surface area contributed by atoms with Gasteiger partial charge in [0.2, 0.25) is 0 Å². The summed E-state index contributed by atoms with van der Waals surface area (Å²) in [5.41, 5.74) is 3.82. The SMILES string of the molecule is O=C(NCc1ccc(/C=N/NC(=O)C(=O)Nc2ccc(OCc3ccccc3)cc2)o1)C(=O)Nc1ccc(Cl)c(Cl)c1. The van der Waals surface area contributed by atoms with Gasteiger partial charge in [0, 0.05) is 11.4 Å². The van der Waals surface area contributed by atoms with Gasteiger partial charge < -0.3 is 25.1 Å². The Bertz CT molecular complexity index is 1610. The maximum Gasteiger partial charge on any atom is 0.329 e. The monoisotopic (exact) mass is 607 g/mol. The molecule has 11 nitrogen and oxygen atoms in total. The van der Waals surface area contributed by atoms with Crippen LogP contribution in [0, 0.1) is 0 Å². The van der Waals surface area contributed by atoms with Crippen LogP contribution in [0.3, 0.4) is 0 Å². The normalized spacial score (nSPS) is 10.6. The van der Waals surface area contributed by atoms with Crippen LogP contribution in [0.5, 0.6) is 5.75 Å². The standard InChI is InChI=1S/C29H23Cl2N5O6/c30-24-13-8-20(14-25(24)31)35-27(38)26(37)32-15-22-11-12-23(42-22)16-33-36-29(40)28(39)34-19-6-9-21(10-7-19)41-17-18-4-2-1-3-5-18/h1-14,16H,15,17H2,(H,32,37)(H,34,39)(H,35,38)(H,36,40)/b33-16+. The van der Waals surface area contributed by atoms with Gasteiger partial charge >= 0.3 is 23.6 Å². The second kappa shape index (κ2) is 14.5. The van der Waals surface area contributed by atoms with Crippen molar-refractivity contribution in [3.63, 3.8) is 0 Å². The second-order valence-corrected chi connectivity index (χ2v) is 9.34. The fraction of sp³-hybridized carbons (Fsp3) is 0.0690. The van der Waals surface area contributed by atoms with Gasteiger partial charge in [-0.15, -0.1) is 0 Å². The topological polar surface area (TPSA) is 151 Å². The van der Waals surface area contributed by atoms with Crippen LogP contribution in [-0.2, 0) is 32.3 Å². The maximum absolute atomic E-state index is 12.2. The third-order valence-corrected chi connectivity index (χ3v) is 6.15. The van der Waals surface area contributed by atoms with E-state index in [0.717, 1.165) is 5.56 Å². The zero-order valence-corrected chi connectivity index (χ0v) is 23.2. The predicted octanol–water partition coefficient (Wildman–Crippen LogP) is 4.51. The highest BCUT2D eigenvalue weighted by molar-refractivity contribution is 6.43. The van der Waals surface area contributed by atoms with Gasteiger partial charge in [0.25, 0.3) is 0 Å². The van der Waals surface area contributed by atoms with Crippen molar-refractivity contribution in [1.29, 1.82) is 0 Å².